The highest BCUT2D eigenvalue weighted by atomic mass is 32.2. The number of fused-ring (bicyclic) bond motifs is 1. The summed E-state index contributed by atoms with van der Waals surface area (Å²) in [4.78, 5) is 12.4. The number of hydrogen-bond donors (Lipinski definition) is 2. The van der Waals surface area contributed by atoms with Gasteiger partial charge in [0.15, 0.2) is 21.3 Å². The molecule has 184 valence electrons. The third-order valence-electron chi connectivity index (χ3n) is 5.44. The predicted octanol–water partition coefficient (Wildman–Crippen LogP) is 2.87. The molecule has 0 saturated heterocycles. The maximum absolute atomic E-state index is 13.8. The third-order valence-corrected chi connectivity index (χ3v) is 6.57. The molecule has 10 heteroatoms. The number of ether oxygens (including phenoxy) is 2. The lowest BCUT2D eigenvalue weighted by Crippen LogP contribution is -2.44. The first-order chi connectivity index (χ1) is 16.6. The van der Waals surface area contributed by atoms with Crippen LogP contribution in [-0.4, -0.2) is 51.5 Å². The second-order valence-electron chi connectivity index (χ2n) is 8.14. The minimum atomic E-state index is -3.40. The van der Waals surface area contributed by atoms with Gasteiger partial charge >= 0.3 is 0 Å². The van der Waals surface area contributed by atoms with Crippen molar-refractivity contribution < 1.29 is 36.6 Å². The Morgan fingerprint density at radius 3 is 2.37 bits per heavy atom. The summed E-state index contributed by atoms with van der Waals surface area (Å²) >= 11 is 0. The molecule has 2 N–H and O–H groups in total. The fourth-order valence-electron chi connectivity index (χ4n) is 3.81. The average molecular weight is 504 g/mol. The summed E-state index contributed by atoms with van der Waals surface area (Å²) in [6.45, 7) is -0.194. The lowest BCUT2D eigenvalue weighted by molar-refractivity contribution is -0.130. The van der Waals surface area contributed by atoms with Crippen LogP contribution < -0.4 is 14.8 Å². The van der Waals surface area contributed by atoms with Crippen LogP contribution in [0.5, 0.6) is 11.5 Å². The highest BCUT2D eigenvalue weighted by Gasteiger charge is 2.28. The molecule has 7 nitrogen and oxygen atoms in total. The number of nitrogens with one attached hydrogen (secondary N) is 1. The summed E-state index contributed by atoms with van der Waals surface area (Å²) in [7, 11) is -3.40. The number of sulfone groups is 1. The molecule has 0 saturated carbocycles. The summed E-state index contributed by atoms with van der Waals surface area (Å²) in [5, 5.41) is 11.5. The first kappa shape index (κ1) is 24.6. The number of rotatable bonds is 7. The van der Waals surface area contributed by atoms with E-state index in [0.717, 1.165) is 12.3 Å². The van der Waals surface area contributed by atoms with Crippen molar-refractivity contribution in [2.45, 2.75) is 17.4 Å². The van der Waals surface area contributed by atoms with Crippen molar-refractivity contribution in [1.29, 1.82) is 0 Å². The van der Waals surface area contributed by atoms with E-state index in [0.29, 0.717) is 28.0 Å². The monoisotopic (exact) mass is 503 g/mol. The van der Waals surface area contributed by atoms with Crippen LogP contribution in [0.2, 0.25) is 0 Å². The minimum Gasteiger partial charge on any atom is -0.485 e. The number of aliphatic hydroxyl groups is 1. The number of carbonyl (C=O) groups is 1. The molecular formula is C25H23F2NO6S. The zero-order valence-electron chi connectivity index (χ0n) is 18.8. The molecule has 3 aromatic carbocycles. The summed E-state index contributed by atoms with van der Waals surface area (Å²) < 4.78 is 62.9. The second-order valence-corrected chi connectivity index (χ2v) is 10.2. The highest BCUT2D eigenvalue weighted by molar-refractivity contribution is 7.90. The highest BCUT2D eigenvalue weighted by Crippen LogP contribution is 2.40. The van der Waals surface area contributed by atoms with E-state index < -0.39 is 33.5 Å². The van der Waals surface area contributed by atoms with Crippen molar-refractivity contribution in [2.24, 2.45) is 0 Å². The van der Waals surface area contributed by atoms with Gasteiger partial charge in [0.05, 0.1) is 11.5 Å². The van der Waals surface area contributed by atoms with Crippen molar-refractivity contribution >= 4 is 15.7 Å². The minimum absolute atomic E-state index is 0.0549. The average Bonchev–Trinajstić information content (AvgIpc) is 2.80. The zero-order valence-corrected chi connectivity index (χ0v) is 19.6. The van der Waals surface area contributed by atoms with Gasteiger partial charge in [0, 0.05) is 18.9 Å². The maximum atomic E-state index is 13.8. The molecule has 1 atom stereocenters. The second kappa shape index (κ2) is 10.0. The van der Waals surface area contributed by atoms with Crippen LogP contribution in [0, 0.1) is 11.6 Å². The lowest BCUT2D eigenvalue weighted by Gasteiger charge is -2.27. The molecule has 0 bridgehead atoms. The van der Waals surface area contributed by atoms with Crippen LogP contribution in [0.25, 0.3) is 11.1 Å². The molecule has 3 aromatic rings. The quantitative estimate of drug-likeness (QED) is 0.514. The van der Waals surface area contributed by atoms with Gasteiger partial charge < -0.3 is 19.9 Å². The SMILES string of the molecule is CS(=O)(=O)c1ccc(-c2cc3c(cc2Cc2cc(F)cc(F)c2)OCC(C(=O)NCCO)O3)cc1. The van der Waals surface area contributed by atoms with E-state index >= 15 is 0 Å². The fourth-order valence-corrected chi connectivity index (χ4v) is 4.44. The Kier molecular flexibility index (Phi) is 7.04. The van der Waals surface area contributed by atoms with Crippen LogP contribution in [0.1, 0.15) is 11.1 Å². The Balaban J connectivity index is 1.75. The molecule has 1 aliphatic heterocycles. The van der Waals surface area contributed by atoms with E-state index in [1.54, 1.807) is 24.3 Å². The first-order valence-corrected chi connectivity index (χ1v) is 12.6. The summed E-state index contributed by atoms with van der Waals surface area (Å²) in [5.74, 6) is -1.19. The molecule has 0 aromatic heterocycles. The van der Waals surface area contributed by atoms with Crippen LogP contribution in [0.15, 0.2) is 59.5 Å². The van der Waals surface area contributed by atoms with Gasteiger partial charge in [0.25, 0.3) is 5.91 Å². The summed E-state index contributed by atoms with van der Waals surface area (Å²) in [6.07, 6.45) is 0.338. The molecule has 0 fully saturated rings. The van der Waals surface area contributed by atoms with Crippen molar-refractivity contribution in [3.05, 3.63) is 77.4 Å². The Labute approximate surface area is 201 Å². The van der Waals surface area contributed by atoms with Gasteiger partial charge in [-0.2, -0.15) is 0 Å². The van der Waals surface area contributed by atoms with Gasteiger partial charge in [0.1, 0.15) is 18.2 Å². The molecule has 0 aliphatic carbocycles. The fraction of sp³-hybridized carbons (Fsp3) is 0.240. The van der Waals surface area contributed by atoms with Crippen LogP contribution >= 0.6 is 0 Å². The number of hydrogen-bond acceptors (Lipinski definition) is 6. The Morgan fingerprint density at radius 1 is 1.06 bits per heavy atom. The smallest absolute Gasteiger partial charge is 0.264 e. The van der Waals surface area contributed by atoms with Crippen LogP contribution in [-0.2, 0) is 21.1 Å². The normalized spacial score (nSPS) is 15.0. The van der Waals surface area contributed by atoms with Gasteiger partial charge in [-0.1, -0.05) is 12.1 Å². The number of aliphatic hydroxyl groups excluding tert-OH is 1. The van der Waals surface area contributed by atoms with E-state index in [2.05, 4.69) is 5.32 Å². The number of carbonyl (C=O) groups excluding carboxylic acids is 1. The predicted molar refractivity (Wildman–Crippen MR) is 124 cm³/mol. The molecule has 1 amide bonds. The Hall–Kier alpha value is -3.50. The van der Waals surface area contributed by atoms with E-state index in [1.165, 1.54) is 24.3 Å². The van der Waals surface area contributed by atoms with Crippen LogP contribution in [0.4, 0.5) is 8.78 Å². The van der Waals surface area contributed by atoms with E-state index in [9.17, 15) is 22.0 Å². The van der Waals surface area contributed by atoms with Crippen molar-refractivity contribution in [1.82, 2.24) is 5.32 Å². The first-order valence-electron chi connectivity index (χ1n) is 10.7. The lowest BCUT2D eigenvalue weighted by atomic mass is 9.94. The van der Waals surface area contributed by atoms with E-state index in [4.69, 9.17) is 14.6 Å². The number of benzene rings is 3. The van der Waals surface area contributed by atoms with Crippen molar-refractivity contribution in [3.8, 4) is 22.6 Å². The van der Waals surface area contributed by atoms with Gasteiger partial charge in [-0.25, -0.2) is 17.2 Å². The van der Waals surface area contributed by atoms with E-state index in [-0.39, 0.29) is 36.8 Å². The largest absolute Gasteiger partial charge is 0.485 e. The van der Waals surface area contributed by atoms with Crippen molar-refractivity contribution in [3.63, 3.8) is 0 Å². The zero-order chi connectivity index (χ0) is 25.2. The molecular weight excluding hydrogens is 480 g/mol. The van der Waals surface area contributed by atoms with Crippen LogP contribution in [0.3, 0.4) is 0 Å². The molecule has 1 aliphatic rings. The van der Waals surface area contributed by atoms with E-state index in [1.807, 2.05) is 0 Å². The Morgan fingerprint density at radius 2 is 1.74 bits per heavy atom. The number of halogens is 2. The molecule has 1 heterocycles. The van der Waals surface area contributed by atoms with Gasteiger partial charge in [0.2, 0.25) is 6.10 Å². The molecule has 35 heavy (non-hydrogen) atoms. The summed E-state index contributed by atoms with van der Waals surface area (Å²) in [6, 6.07) is 12.8. The van der Waals surface area contributed by atoms with Crippen molar-refractivity contribution in [2.75, 3.05) is 26.0 Å². The number of amides is 1. The third kappa shape index (κ3) is 5.77. The maximum Gasteiger partial charge on any atom is 0.264 e. The summed E-state index contributed by atoms with van der Waals surface area (Å²) in [5.41, 5.74) is 2.32. The molecule has 4 rings (SSSR count). The van der Waals surface area contributed by atoms with Gasteiger partial charge in [-0.05, 0) is 65.1 Å². The van der Waals surface area contributed by atoms with Gasteiger partial charge in [-0.3, -0.25) is 4.79 Å². The Bertz CT molecular complexity index is 1340. The van der Waals surface area contributed by atoms with Gasteiger partial charge in [-0.15, -0.1) is 0 Å². The standard InChI is InChI=1S/C25H23F2NO6S/c1-35(31,32)20-4-2-16(3-5-20)21-13-23-22(33-14-24(34-23)25(30)28-6-7-29)11-17(21)8-15-9-18(26)12-19(27)10-15/h2-5,9-13,24,29H,6-8,14H2,1H3,(H,28,30). The topological polar surface area (TPSA) is 102 Å². The molecule has 0 radical (unpaired) electrons. The molecule has 1 unspecified atom stereocenters. The molecule has 0 spiro atoms.